The standard InChI is InChI=1S/C22H30O4/c1-16-9-11-20(13-17(16)2)26-15-19(23)8-6-5-7-18-10-12-21(24-3)22(14-18)25-4/h9-14,19,23H,5-8,15H2,1-4H3/i4D3,7D2,9D,10D,11D,12D,13D,14D,15D2. The summed E-state index contributed by atoms with van der Waals surface area (Å²) in [6.45, 7) is 0.250. The van der Waals surface area contributed by atoms with E-state index in [1.165, 1.54) is 6.92 Å². The van der Waals surface area contributed by atoms with Gasteiger partial charge in [0.05, 0.1) is 35.3 Å². The molecule has 0 fully saturated rings. The van der Waals surface area contributed by atoms with E-state index in [0.717, 1.165) is 7.11 Å². The molecule has 1 atom stereocenters. The third kappa shape index (κ3) is 5.95. The predicted molar refractivity (Wildman–Crippen MR) is 105 cm³/mol. The van der Waals surface area contributed by atoms with Crippen LogP contribution in [0.3, 0.4) is 0 Å². The van der Waals surface area contributed by atoms with Gasteiger partial charge in [0, 0.05) is 2.74 Å². The van der Waals surface area contributed by atoms with Gasteiger partial charge in [-0.25, -0.2) is 0 Å². The van der Waals surface area contributed by atoms with Crippen molar-refractivity contribution in [2.75, 3.05) is 20.7 Å². The van der Waals surface area contributed by atoms with E-state index in [1.54, 1.807) is 6.92 Å². The second-order valence-electron chi connectivity index (χ2n) is 5.47. The third-order valence-corrected chi connectivity index (χ3v) is 3.53. The van der Waals surface area contributed by atoms with Crippen LogP contribution in [0.15, 0.2) is 36.3 Å². The molecule has 142 valence electrons. The van der Waals surface area contributed by atoms with Crippen molar-refractivity contribution in [3.63, 3.8) is 0 Å². The summed E-state index contributed by atoms with van der Waals surface area (Å²) in [5.41, 5.74) is 0.0547. The summed E-state index contributed by atoms with van der Waals surface area (Å²) in [5, 5.41) is 10.5. The highest BCUT2D eigenvalue weighted by molar-refractivity contribution is 5.42. The van der Waals surface area contributed by atoms with E-state index < -0.39 is 79.5 Å². The van der Waals surface area contributed by atoms with Crippen LogP contribution in [0.25, 0.3) is 0 Å². The van der Waals surface area contributed by atoms with Gasteiger partial charge in [0.25, 0.3) is 0 Å². The molecular formula is C22H30O4. The molecule has 0 spiro atoms. The van der Waals surface area contributed by atoms with Crippen LogP contribution < -0.4 is 14.2 Å². The Hall–Kier alpha value is -2.20. The molecule has 0 saturated carbocycles. The SMILES string of the molecule is [2H]c1c([2H])c(OC([2H])([2H])C(O)CCCC([2H])([2H])c2c([2H])c([2H])c(OC)c(OC([2H])([2H])[2H])c2[2H])c([2H])c(C)c1C. The molecule has 26 heavy (non-hydrogen) atoms. The number of rotatable bonds is 10. The lowest BCUT2D eigenvalue weighted by atomic mass is 10.0. The summed E-state index contributed by atoms with van der Waals surface area (Å²) in [6, 6.07) is -3.25. The molecule has 2 aromatic rings. The van der Waals surface area contributed by atoms with Crippen LogP contribution in [0.2, 0.25) is 0 Å². The second-order valence-corrected chi connectivity index (χ2v) is 5.47. The van der Waals surface area contributed by atoms with Crippen molar-refractivity contribution in [3.05, 3.63) is 52.9 Å². The van der Waals surface area contributed by atoms with Gasteiger partial charge in [-0.2, -0.15) is 0 Å². The first-order valence-electron chi connectivity index (χ1n) is 14.5. The van der Waals surface area contributed by atoms with Crippen molar-refractivity contribution < 1.29 is 37.1 Å². The Morgan fingerprint density at radius 2 is 1.92 bits per heavy atom. The summed E-state index contributed by atoms with van der Waals surface area (Å²) in [5.74, 6) is -1.74. The van der Waals surface area contributed by atoms with Crippen molar-refractivity contribution >= 4 is 0 Å². The summed E-state index contributed by atoms with van der Waals surface area (Å²) < 4.78 is 119. The lowest BCUT2D eigenvalue weighted by Gasteiger charge is -2.13. The van der Waals surface area contributed by atoms with E-state index in [1.807, 2.05) is 0 Å². The maximum Gasteiger partial charge on any atom is 0.160 e. The second kappa shape index (κ2) is 10.1. The molecular weight excluding hydrogens is 328 g/mol. The van der Waals surface area contributed by atoms with Gasteiger partial charge in [0.1, 0.15) is 12.3 Å². The average Bonchev–Trinajstić information content (AvgIpc) is 2.82. The van der Waals surface area contributed by atoms with Crippen LogP contribution in [0, 0.1) is 13.8 Å². The van der Waals surface area contributed by atoms with Gasteiger partial charge in [-0.1, -0.05) is 18.5 Å². The Kier molecular flexibility index (Phi) is 3.35. The van der Waals surface area contributed by atoms with E-state index in [-0.39, 0.29) is 24.9 Å². The molecule has 2 aromatic carbocycles. The third-order valence-electron chi connectivity index (χ3n) is 3.53. The molecule has 0 heterocycles. The van der Waals surface area contributed by atoms with Crippen molar-refractivity contribution in [1.82, 2.24) is 0 Å². The fourth-order valence-corrected chi connectivity index (χ4v) is 1.97. The normalized spacial score (nSPS) is 20.7. The predicted octanol–water partition coefficient (Wildman–Crippen LogP) is 4.47. The molecule has 4 nitrogen and oxygen atoms in total. The molecule has 0 aliphatic heterocycles. The molecule has 0 aliphatic rings. The van der Waals surface area contributed by atoms with Crippen LogP contribution in [-0.4, -0.2) is 31.9 Å². The molecule has 0 radical (unpaired) electrons. The lowest BCUT2D eigenvalue weighted by Crippen LogP contribution is -2.17. The zero-order valence-corrected chi connectivity index (χ0v) is 14.9. The van der Waals surface area contributed by atoms with Gasteiger partial charge in [-0.3, -0.25) is 0 Å². The fourth-order valence-electron chi connectivity index (χ4n) is 1.97. The largest absolute Gasteiger partial charge is 0.493 e. The Bertz CT molecular complexity index is 1200. The zero-order valence-electron chi connectivity index (χ0n) is 27.9. The summed E-state index contributed by atoms with van der Waals surface area (Å²) in [6.07, 6.45) is -5.40. The van der Waals surface area contributed by atoms with Crippen LogP contribution in [0.5, 0.6) is 17.2 Å². The van der Waals surface area contributed by atoms with Crippen molar-refractivity contribution in [3.8, 4) is 17.2 Å². The monoisotopic (exact) mass is 371 g/mol. The highest BCUT2D eigenvalue weighted by Crippen LogP contribution is 2.28. The number of aliphatic hydroxyl groups excluding tert-OH is 1. The summed E-state index contributed by atoms with van der Waals surface area (Å²) >= 11 is 0. The van der Waals surface area contributed by atoms with E-state index in [2.05, 4.69) is 0 Å². The molecule has 2 rings (SSSR count). The van der Waals surface area contributed by atoms with Gasteiger partial charge in [0.15, 0.2) is 11.5 Å². The smallest absolute Gasteiger partial charge is 0.160 e. The van der Waals surface area contributed by atoms with Crippen molar-refractivity contribution in [2.45, 2.75) is 45.6 Å². The van der Waals surface area contributed by atoms with Crippen LogP contribution in [0.1, 0.15) is 53.8 Å². The van der Waals surface area contributed by atoms with Gasteiger partial charge in [0.2, 0.25) is 0 Å². The zero-order chi connectivity index (χ0) is 30.2. The summed E-state index contributed by atoms with van der Waals surface area (Å²) in [7, 11) is -1.96. The lowest BCUT2D eigenvalue weighted by molar-refractivity contribution is 0.0976. The highest BCUT2D eigenvalue weighted by atomic mass is 16.5. The average molecular weight is 372 g/mol. The van der Waals surface area contributed by atoms with Crippen LogP contribution in [-0.2, 0) is 6.37 Å². The number of hydrogen-bond donors (Lipinski definition) is 1. The maximum absolute atomic E-state index is 10.5. The fraction of sp³-hybridized carbons (Fsp3) is 0.455. The number of benzene rings is 2. The Balaban J connectivity index is 2.28. The molecule has 0 saturated heterocycles. The van der Waals surface area contributed by atoms with Crippen LogP contribution >= 0.6 is 0 Å². The maximum atomic E-state index is 10.5. The first kappa shape index (κ1) is 8.66. The molecule has 0 aromatic heterocycles. The number of aliphatic hydroxyl groups is 1. The Labute approximate surface area is 175 Å². The Morgan fingerprint density at radius 1 is 1.08 bits per heavy atom. The van der Waals surface area contributed by atoms with Gasteiger partial charge < -0.3 is 19.3 Å². The molecule has 1 N–H and O–H groups in total. The van der Waals surface area contributed by atoms with E-state index in [4.69, 9.17) is 32.0 Å². The molecule has 0 aliphatic carbocycles. The van der Waals surface area contributed by atoms with Crippen LogP contribution in [0.4, 0.5) is 0 Å². The topological polar surface area (TPSA) is 47.9 Å². The minimum atomic E-state index is -3.05. The number of ether oxygens (including phenoxy) is 3. The van der Waals surface area contributed by atoms with E-state index in [9.17, 15) is 5.11 Å². The number of methoxy groups -OCH3 is 2. The highest BCUT2D eigenvalue weighted by Gasteiger charge is 2.07. The van der Waals surface area contributed by atoms with Gasteiger partial charge in [-0.15, -0.1) is 0 Å². The van der Waals surface area contributed by atoms with Crippen molar-refractivity contribution in [2.24, 2.45) is 0 Å². The summed E-state index contributed by atoms with van der Waals surface area (Å²) in [4.78, 5) is 0. The first-order chi connectivity index (χ1) is 17.7. The number of hydrogen-bond acceptors (Lipinski definition) is 4. The first-order valence-corrected chi connectivity index (χ1v) is 7.99. The molecule has 0 bridgehead atoms. The minimum Gasteiger partial charge on any atom is -0.493 e. The van der Waals surface area contributed by atoms with Gasteiger partial charge in [-0.05, 0) is 73.9 Å². The quantitative estimate of drug-likeness (QED) is 0.669. The Morgan fingerprint density at radius 3 is 2.69 bits per heavy atom. The molecule has 4 heteroatoms. The molecule has 1 unspecified atom stereocenters. The van der Waals surface area contributed by atoms with E-state index >= 15 is 0 Å². The van der Waals surface area contributed by atoms with E-state index in [0.29, 0.717) is 11.1 Å². The van der Waals surface area contributed by atoms with Crippen molar-refractivity contribution in [1.29, 1.82) is 0 Å². The minimum absolute atomic E-state index is 0.206. The molecule has 0 amide bonds. The van der Waals surface area contributed by atoms with Gasteiger partial charge >= 0.3 is 0 Å².